The Morgan fingerprint density at radius 1 is 1.12 bits per heavy atom. The van der Waals surface area contributed by atoms with Gasteiger partial charge in [0.05, 0.1) is 6.10 Å². The smallest absolute Gasteiger partial charge is 0.0929 e. The maximum Gasteiger partial charge on any atom is 0.0929 e. The second kappa shape index (κ2) is 6.08. The van der Waals surface area contributed by atoms with E-state index in [1.165, 1.54) is 0 Å². The number of hydrogen-bond acceptors (Lipinski definition) is 4. The summed E-state index contributed by atoms with van der Waals surface area (Å²) in [5.74, 6) is 0. The number of nitrogens with zero attached hydrogens (tertiary/aromatic N) is 2. The third-order valence-electron chi connectivity index (χ3n) is 2.46. The minimum Gasteiger partial charge on any atom is -0.387 e. The predicted octanol–water partition coefficient (Wildman–Crippen LogP) is 1.30. The van der Waals surface area contributed by atoms with Crippen molar-refractivity contribution in [1.82, 2.24) is 15.3 Å². The zero-order valence-electron chi connectivity index (χ0n) is 9.45. The molecule has 88 valence electrons. The molecule has 2 aromatic rings. The maximum absolute atomic E-state index is 9.88. The average Bonchev–Trinajstić information content (AvgIpc) is 2.41. The molecule has 0 saturated heterocycles. The predicted molar refractivity (Wildman–Crippen MR) is 65.1 cm³/mol. The molecule has 1 atom stereocenters. The Morgan fingerprint density at radius 2 is 1.88 bits per heavy atom. The van der Waals surface area contributed by atoms with Gasteiger partial charge in [0.2, 0.25) is 0 Å². The molecule has 17 heavy (non-hydrogen) atoms. The number of rotatable bonds is 5. The molecule has 4 nitrogen and oxygen atoms in total. The van der Waals surface area contributed by atoms with Gasteiger partial charge in [-0.2, -0.15) is 0 Å². The number of pyridine rings is 2. The summed E-state index contributed by atoms with van der Waals surface area (Å²) >= 11 is 0. The summed E-state index contributed by atoms with van der Waals surface area (Å²) in [4.78, 5) is 8.00. The van der Waals surface area contributed by atoms with Gasteiger partial charge in [0.25, 0.3) is 0 Å². The molecule has 1 unspecified atom stereocenters. The van der Waals surface area contributed by atoms with Crippen molar-refractivity contribution in [3.05, 3.63) is 60.2 Å². The van der Waals surface area contributed by atoms with Crippen molar-refractivity contribution in [2.45, 2.75) is 12.6 Å². The largest absolute Gasteiger partial charge is 0.387 e. The van der Waals surface area contributed by atoms with Gasteiger partial charge in [0.1, 0.15) is 0 Å². The van der Waals surface area contributed by atoms with Gasteiger partial charge in [0, 0.05) is 43.4 Å². The number of aliphatic hydroxyl groups excluding tert-OH is 1. The number of nitrogens with one attached hydrogen (secondary N) is 1. The van der Waals surface area contributed by atoms with Crippen LogP contribution in [0.15, 0.2) is 49.1 Å². The summed E-state index contributed by atoms with van der Waals surface area (Å²) in [6.45, 7) is 1.20. The van der Waals surface area contributed by atoms with Crippen LogP contribution in [0.25, 0.3) is 0 Å². The molecule has 0 radical (unpaired) electrons. The normalized spacial score (nSPS) is 12.3. The Morgan fingerprint density at radius 3 is 2.53 bits per heavy atom. The average molecular weight is 229 g/mol. The lowest BCUT2D eigenvalue weighted by Gasteiger charge is -2.11. The van der Waals surface area contributed by atoms with Crippen LogP contribution in [-0.2, 0) is 6.54 Å². The molecule has 0 spiro atoms. The molecular weight excluding hydrogens is 214 g/mol. The molecule has 0 bridgehead atoms. The van der Waals surface area contributed by atoms with E-state index in [0.717, 1.165) is 11.1 Å². The van der Waals surface area contributed by atoms with E-state index in [2.05, 4.69) is 15.3 Å². The molecule has 2 heterocycles. The summed E-state index contributed by atoms with van der Waals surface area (Å²) in [7, 11) is 0. The topological polar surface area (TPSA) is 58.0 Å². The molecule has 0 saturated carbocycles. The van der Waals surface area contributed by atoms with Gasteiger partial charge < -0.3 is 10.4 Å². The molecule has 0 amide bonds. The standard InChI is InChI=1S/C13H15N3O/c17-13(12-4-2-6-15-9-12)10-16-8-11-3-1-5-14-7-11/h1-7,9,13,16-17H,8,10H2. The third-order valence-corrected chi connectivity index (χ3v) is 2.46. The van der Waals surface area contributed by atoms with Crippen LogP contribution in [0.2, 0.25) is 0 Å². The molecule has 4 heteroatoms. The highest BCUT2D eigenvalue weighted by atomic mass is 16.3. The van der Waals surface area contributed by atoms with E-state index in [9.17, 15) is 5.11 Å². The molecule has 2 rings (SSSR count). The molecule has 0 fully saturated rings. The fourth-order valence-corrected chi connectivity index (χ4v) is 1.55. The number of hydrogen-bond donors (Lipinski definition) is 2. The zero-order chi connectivity index (χ0) is 11.9. The third kappa shape index (κ3) is 3.62. The second-order valence-electron chi connectivity index (χ2n) is 3.79. The van der Waals surface area contributed by atoms with E-state index in [1.807, 2.05) is 30.5 Å². The number of aromatic nitrogens is 2. The highest BCUT2D eigenvalue weighted by Crippen LogP contribution is 2.09. The highest BCUT2D eigenvalue weighted by Gasteiger charge is 2.06. The van der Waals surface area contributed by atoms with Crippen molar-refractivity contribution in [3.8, 4) is 0 Å². The van der Waals surface area contributed by atoms with Crippen molar-refractivity contribution in [2.24, 2.45) is 0 Å². The molecule has 0 aromatic carbocycles. The molecule has 0 aliphatic carbocycles. The lowest BCUT2D eigenvalue weighted by molar-refractivity contribution is 0.174. The molecule has 0 aliphatic rings. The van der Waals surface area contributed by atoms with Crippen LogP contribution in [0.1, 0.15) is 17.2 Å². The van der Waals surface area contributed by atoms with Gasteiger partial charge in [0.15, 0.2) is 0 Å². The van der Waals surface area contributed by atoms with Crippen LogP contribution in [-0.4, -0.2) is 21.6 Å². The minimum atomic E-state index is -0.527. The van der Waals surface area contributed by atoms with Crippen molar-refractivity contribution >= 4 is 0 Å². The summed E-state index contributed by atoms with van der Waals surface area (Å²) in [6, 6.07) is 7.58. The monoisotopic (exact) mass is 229 g/mol. The molecular formula is C13H15N3O. The zero-order valence-corrected chi connectivity index (χ0v) is 9.45. The number of aliphatic hydroxyl groups is 1. The van der Waals surface area contributed by atoms with E-state index in [1.54, 1.807) is 18.6 Å². The SMILES string of the molecule is OC(CNCc1cccnc1)c1cccnc1. The Hall–Kier alpha value is -1.78. The van der Waals surface area contributed by atoms with Gasteiger partial charge >= 0.3 is 0 Å². The Kier molecular flexibility index (Phi) is 4.18. The minimum absolute atomic E-state index is 0.501. The van der Waals surface area contributed by atoms with Crippen molar-refractivity contribution in [1.29, 1.82) is 0 Å². The first-order chi connectivity index (χ1) is 8.36. The van der Waals surface area contributed by atoms with Gasteiger partial charge in [-0.25, -0.2) is 0 Å². The lowest BCUT2D eigenvalue weighted by Crippen LogP contribution is -2.21. The highest BCUT2D eigenvalue weighted by molar-refractivity contribution is 5.12. The first kappa shape index (κ1) is 11.7. The van der Waals surface area contributed by atoms with E-state index >= 15 is 0 Å². The second-order valence-corrected chi connectivity index (χ2v) is 3.79. The van der Waals surface area contributed by atoms with Gasteiger partial charge in [-0.15, -0.1) is 0 Å². The maximum atomic E-state index is 9.88. The van der Waals surface area contributed by atoms with Crippen LogP contribution in [0.3, 0.4) is 0 Å². The first-order valence-electron chi connectivity index (χ1n) is 5.54. The van der Waals surface area contributed by atoms with Crippen LogP contribution >= 0.6 is 0 Å². The Bertz CT molecular complexity index is 433. The summed E-state index contributed by atoms with van der Waals surface area (Å²) in [5.41, 5.74) is 1.93. The van der Waals surface area contributed by atoms with E-state index < -0.39 is 6.10 Å². The molecule has 2 N–H and O–H groups in total. The van der Waals surface area contributed by atoms with Crippen LogP contribution in [0.5, 0.6) is 0 Å². The van der Waals surface area contributed by atoms with Crippen LogP contribution in [0.4, 0.5) is 0 Å². The van der Waals surface area contributed by atoms with Gasteiger partial charge in [-0.1, -0.05) is 12.1 Å². The Balaban J connectivity index is 1.79. The van der Waals surface area contributed by atoms with E-state index in [-0.39, 0.29) is 0 Å². The molecule has 2 aromatic heterocycles. The Labute approximate surface area is 100 Å². The van der Waals surface area contributed by atoms with Crippen LogP contribution in [0, 0.1) is 0 Å². The van der Waals surface area contributed by atoms with E-state index in [0.29, 0.717) is 13.1 Å². The fourth-order valence-electron chi connectivity index (χ4n) is 1.55. The fraction of sp³-hybridized carbons (Fsp3) is 0.231. The van der Waals surface area contributed by atoms with Crippen molar-refractivity contribution < 1.29 is 5.11 Å². The summed E-state index contributed by atoms with van der Waals surface area (Å²) < 4.78 is 0. The summed E-state index contributed by atoms with van der Waals surface area (Å²) in [6.07, 6.45) is 6.40. The molecule has 0 aliphatic heterocycles. The van der Waals surface area contributed by atoms with Gasteiger partial charge in [-0.3, -0.25) is 9.97 Å². The lowest BCUT2D eigenvalue weighted by atomic mass is 10.1. The quantitative estimate of drug-likeness (QED) is 0.811. The van der Waals surface area contributed by atoms with Crippen LogP contribution < -0.4 is 5.32 Å². The van der Waals surface area contributed by atoms with Crippen molar-refractivity contribution in [2.75, 3.05) is 6.54 Å². The first-order valence-corrected chi connectivity index (χ1v) is 5.54. The van der Waals surface area contributed by atoms with E-state index in [4.69, 9.17) is 0 Å². The summed E-state index contributed by atoms with van der Waals surface area (Å²) in [5, 5.41) is 13.1. The van der Waals surface area contributed by atoms with Crippen molar-refractivity contribution in [3.63, 3.8) is 0 Å². The van der Waals surface area contributed by atoms with Gasteiger partial charge in [-0.05, 0) is 17.7 Å².